The fraction of sp³-hybridized carbons (Fsp3) is 0.941. The van der Waals surface area contributed by atoms with Gasteiger partial charge in [-0.3, -0.25) is 9.89 Å². The second kappa shape index (κ2) is 10.2. The molecule has 2 fully saturated rings. The molecular weight excluding hydrogens is 333 g/mol. The summed E-state index contributed by atoms with van der Waals surface area (Å²) in [5.74, 6) is 0.650. The molecule has 1 unspecified atom stereocenters. The van der Waals surface area contributed by atoms with Crippen LogP contribution in [0.4, 0.5) is 13.2 Å². The third kappa shape index (κ3) is 8.27. The summed E-state index contributed by atoms with van der Waals surface area (Å²) in [7, 11) is 1.68. The zero-order valence-electron chi connectivity index (χ0n) is 15.1. The number of alkyl halides is 3. The average molecular weight is 364 g/mol. The standard InChI is InChI=1S/C17H31F3N4O/c1-21-16(22-9-5-11-25-15-6-3-2-4-7-15)23-14-8-10-24(12-14)13-17(18,19)20/h14-15H,2-13H2,1H3,(H2,21,22,23). The van der Waals surface area contributed by atoms with Gasteiger partial charge in [-0.05, 0) is 25.7 Å². The number of ether oxygens (including phenoxy) is 1. The molecule has 146 valence electrons. The maximum absolute atomic E-state index is 12.4. The van der Waals surface area contributed by atoms with Gasteiger partial charge in [0.05, 0.1) is 12.6 Å². The van der Waals surface area contributed by atoms with E-state index >= 15 is 0 Å². The summed E-state index contributed by atoms with van der Waals surface area (Å²) in [6, 6.07) is 0.00652. The van der Waals surface area contributed by atoms with Crippen molar-refractivity contribution in [1.82, 2.24) is 15.5 Å². The van der Waals surface area contributed by atoms with Crippen molar-refractivity contribution in [1.29, 1.82) is 0 Å². The van der Waals surface area contributed by atoms with E-state index in [9.17, 15) is 13.2 Å². The Morgan fingerprint density at radius 1 is 1.20 bits per heavy atom. The third-order valence-electron chi connectivity index (χ3n) is 4.76. The number of nitrogens with zero attached hydrogens (tertiary/aromatic N) is 2. The van der Waals surface area contributed by atoms with Gasteiger partial charge < -0.3 is 15.4 Å². The van der Waals surface area contributed by atoms with Crippen LogP contribution in [0.25, 0.3) is 0 Å². The number of rotatable bonds is 7. The minimum Gasteiger partial charge on any atom is -0.378 e. The number of hydrogen-bond acceptors (Lipinski definition) is 3. The Labute approximate surface area is 148 Å². The van der Waals surface area contributed by atoms with Crippen LogP contribution in [0.3, 0.4) is 0 Å². The molecule has 0 aromatic heterocycles. The normalized spacial score (nSPS) is 23.8. The molecule has 2 N–H and O–H groups in total. The molecule has 1 atom stereocenters. The van der Waals surface area contributed by atoms with Crippen molar-refractivity contribution < 1.29 is 17.9 Å². The first-order chi connectivity index (χ1) is 12.0. The van der Waals surface area contributed by atoms with Gasteiger partial charge in [-0.1, -0.05) is 19.3 Å². The molecule has 1 saturated carbocycles. The van der Waals surface area contributed by atoms with E-state index in [1.807, 2.05) is 0 Å². The lowest BCUT2D eigenvalue weighted by Gasteiger charge is -2.22. The van der Waals surface area contributed by atoms with Gasteiger partial charge in [0.25, 0.3) is 0 Å². The minimum atomic E-state index is -4.13. The Morgan fingerprint density at radius 2 is 1.96 bits per heavy atom. The van der Waals surface area contributed by atoms with Crippen LogP contribution in [-0.2, 0) is 4.74 Å². The first-order valence-corrected chi connectivity index (χ1v) is 9.34. The SMILES string of the molecule is CN=C(NCCCOC1CCCCC1)NC1CCN(CC(F)(F)F)C1. The molecule has 0 aromatic carbocycles. The fourth-order valence-corrected chi connectivity index (χ4v) is 3.50. The average Bonchev–Trinajstić information content (AvgIpc) is 2.99. The van der Waals surface area contributed by atoms with Crippen molar-refractivity contribution in [2.75, 3.05) is 39.8 Å². The largest absolute Gasteiger partial charge is 0.401 e. The lowest BCUT2D eigenvalue weighted by Crippen LogP contribution is -2.45. The van der Waals surface area contributed by atoms with Crippen molar-refractivity contribution in [3.63, 3.8) is 0 Å². The molecule has 25 heavy (non-hydrogen) atoms. The second-order valence-corrected chi connectivity index (χ2v) is 6.96. The van der Waals surface area contributed by atoms with Gasteiger partial charge in [0.2, 0.25) is 0 Å². The van der Waals surface area contributed by atoms with Crippen molar-refractivity contribution in [3.05, 3.63) is 0 Å². The molecule has 1 heterocycles. The van der Waals surface area contributed by atoms with Gasteiger partial charge in [0.1, 0.15) is 0 Å². The summed E-state index contributed by atoms with van der Waals surface area (Å²) in [4.78, 5) is 5.59. The molecule has 1 aliphatic heterocycles. The van der Waals surface area contributed by atoms with Gasteiger partial charge in [-0.25, -0.2) is 0 Å². The number of nitrogens with one attached hydrogen (secondary N) is 2. The number of halogens is 3. The van der Waals surface area contributed by atoms with Gasteiger partial charge in [0, 0.05) is 39.3 Å². The summed E-state index contributed by atoms with van der Waals surface area (Å²) in [6.45, 7) is 1.49. The van der Waals surface area contributed by atoms with E-state index in [2.05, 4.69) is 15.6 Å². The quantitative estimate of drug-likeness (QED) is 0.414. The van der Waals surface area contributed by atoms with Crippen LogP contribution < -0.4 is 10.6 Å². The molecule has 0 bridgehead atoms. The van der Waals surface area contributed by atoms with Crippen LogP contribution in [0.2, 0.25) is 0 Å². The van der Waals surface area contributed by atoms with Gasteiger partial charge in [-0.2, -0.15) is 13.2 Å². The predicted octanol–water partition coefficient (Wildman–Crippen LogP) is 2.53. The Morgan fingerprint density at radius 3 is 2.64 bits per heavy atom. The highest BCUT2D eigenvalue weighted by Crippen LogP contribution is 2.21. The second-order valence-electron chi connectivity index (χ2n) is 6.96. The van der Waals surface area contributed by atoms with Gasteiger partial charge >= 0.3 is 6.18 Å². The number of aliphatic imine (C=N–C) groups is 1. The maximum atomic E-state index is 12.4. The highest BCUT2D eigenvalue weighted by Gasteiger charge is 2.34. The smallest absolute Gasteiger partial charge is 0.378 e. The summed E-state index contributed by atoms with van der Waals surface area (Å²) in [5.41, 5.74) is 0. The summed E-state index contributed by atoms with van der Waals surface area (Å²) >= 11 is 0. The molecule has 5 nitrogen and oxygen atoms in total. The van der Waals surface area contributed by atoms with E-state index in [0.717, 1.165) is 19.6 Å². The van der Waals surface area contributed by atoms with Crippen LogP contribution in [0.5, 0.6) is 0 Å². The minimum absolute atomic E-state index is 0.00652. The molecule has 2 rings (SSSR count). The van der Waals surface area contributed by atoms with Crippen molar-refractivity contribution in [2.24, 2.45) is 4.99 Å². The topological polar surface area (TPSA) is 48.9 Å². The Bertz CT molecular complexity index is 411. The van der Waals surface area contributed by atoms with E-state index in [0.29, 0.717) is 31.6 Å². The Kier molecular flexibility index (Phi) is 8.29. The summed E-state index contributed by atoms with van der Waals surface area (Å²) in [6.07, 6.45) is 4.09. The molecular formula is C17H31F3N4O. The van der Waals surface area contributed by atoms with Gasteiger partial charge in [-0.15, -0.1) is 0 Å². The molecule has 0 amide bonds. The van der Waals surface area contributed by atoms with Crippen LogP contribution in [-0.4, -0.2) is 69.0 Å². The highest BCUT2D eigenvalue weighted by molar-refractivity contribution is 5.79. The molecule has 1 saturated heterocycles. The molecule has 0 radical (unpaired) electrons. The van der Waals surface area contributed by atoms with E-state index in [4.69, 9.17) is 4.74 Å². The number of hydrogen-bond donors (Lipinski definition) is 2. The van der Waals surface area contributed by atoms with Crippen LogP contribution in [0, 0.1) is 0 Å². The Balaban J connectivity index is 1.56. The first-order valence-electron chi connectivity index (χ1n) is 9.34. The van der Waals surface area contributed by atoms with Crippen molar-refractivity contribution in [3.8, 4) is 0 Å². The first kappa shape index (κ1) is 20.3. The van der Waals surface area contributed by atoms with Crippen LogP contribution in [0.1, 0.15) is 44.9 Å². The number of guanidine groups is 1. The van der Waals surface area contributed by atoms with Crippen molar-refractivity contribution >= 4 is 5.96 Å². The highest BCUT2D eigenvalue weighted by atomic mass is 19.4. The van der Waals surface area contributed by atoms with Gasteiger partial charge in [0.15, 0.2) is 5.96 Å². The van der Waals surface area contributed by atoms with E-state index in [1.54, 1.807) is 7.05 Å². The maximum Gasteiger partial charge on any atom is 0.401 e. The fourth-order valence-electron chi connectivity index (χ4n) is 3.50. The number of likely N-dealkylation sites (tertiary alicyclic amines) is 1. The molecule has 0 aromatic rings. The van der Waals surface area contributed by atoms with Crippen LogP contribution >= 0.6 is 0 Å². The third-order valence-corrected chi connectivity index (χ3v) is 4.76. The van der Waals surface area contributed by atoms with E-state index < -0.39 is 12.7 Å². The van der Waals surface area contributed by atoms with Crippen molar-refractivity contribution in [2.45, 2.75) is 63.3 Å². The molecule has 1 aliphatic carbocycles. The lowest BCUT2D eigenvalue weighted by molar-refractivity contribution is -0.143. The summed E-state index contributed by atoms with van der Waals surface area (Å²) < 4.78 is 43.2. The monoisotopic (exact) mass is 364 g/mol. The van der Waals surface area contributed by atoms with E-state index in [-0.39, 0.29) is 6.04 Å². The van der Waals surface area contributed by atoms with Crippen LogP contribution in [0.15, 0.2) is 4.99 Å². The molecule has 0 spiro atoms. The lowest BCUT2D eigenvalue weighted by atomic mass is 9.98. The molecule has 2 aliphatic rings. The van der Waals surface area contributed by atoms with E-state index in [1.165, 1.54) is 37.0 Å². The Hall–Kier alpha value is -1.02. The molecule has 8 heteroatoms. The zero-order valence-corrected chi connectivity index (χ0v) is 15.1. The zero-order chi connectivity index (χ0) is 18.1. The predicted molar refractivity (Wildman–Crippen MR) is 92.8 cm³/mol. The summed E-state index contributed by atoms with van der Waals surface area (Å²) in [5, 5.41) is 6.43.